The number of aromatic nitrogens is 1. The van der Waals surface area contributed by atoms with Crippen molar-refractivity contribution < 1.29 is 4.39 Å². The van der Waals surface area contributed by atoms with Crippen LogP contribution in [-0.2, 0) is 0 Å². The van der Waals surface area contributed by atoms with Crippen LogP contribution in [0.4, 0.5) is 10.1 Å². The van der Waals surface area contributed by atoms with Crippen LogP contribution in [0.5, 0.6) is 0 Å². The average Bonchev–Trinajstić information content (AvgIpc) is 2.67. The highest BCUT2D eigenvalue weighted by Gasteiger charge is 2.26. The standard InChI is InChI=1S/C22H24FN3/c1-3-25-12-13-26(16(2)15-25)21-14-18-6-4-5-7-20(18)24-22(21)17-8-10-19(23)11-9-17/h4-11,14,16H,3,12-13,15H2,1-2H3. The molecule has 134 valence electrons. The van der Waals surface area contributed by atoms with Gasteiger partial charge < -0.3 is 4.90 Å². The molecular formula is C22H24FN3. The van der Waals surface area contributed by atoms with E-state index in [9.17, 15) is 4.39 Å². The van der Waals surface area contributed by atoms with Crippen molar-refractivity contribution in [2.75, 3.05) is 31.1 Å². The normalized spacial score (nSPS) is 18.4. The molecule has 0 radical (unpaired) electrons. The van der Waals surface area contributed by atoms with E-state index in [-0.39, 0.29) is 5.82 Å². The minimum atomic E-state index is -0.221. The number of anilines is 1. The molecule has 0 amide bonds. The van der Waals surface area contributed by atoms with E-state index >= 15 is 0 Å². The highest BCUT2D eigenvalue weighted by molar-refractivity contribution is 5.89. The lowest BCUT2D eigenvalue weighted by molar-refractivity contribution is 0.240. The van der Waals surface area contributed by atoms with Crippen molar-refractivity contribution in [3.05, 3.63) is 60.4 Å². The molecule has 1 aromatic heterocycles. The molecule has 3 aromatic rings. The van der Waals surface area contributed by atoms with Gasteiger partial charge in [0.05, 0.1) is 16.9 Å². The Kier molecular flexibility index (Phi) is 4.60. The first-order valence-electron chi connectivity index (χ1n) is 9.30. The zero-order valence-corrected chi connectivity index (χ0v) is 15.3. The van der Waals surface area contributed by atoms with Crippen molar-refractivity contribution in [3.8, 4) is 11.3 Å². The molecule has 4 rings (SSSR count). The lowest BCUT2D eigenvalue weighted by atomic mass is 10.0. The molecule has 1 unspecified atom stereocenters. The number of nitrogens with zero attached hydrogens (tertiary/aromatic N) is 3. The minimum Gasteiger partial charge on any atom is -0.364 e. The zero-order chi connectivity index (χ0) is 18.1. The van der Waals surface area contributed by atoms with E-state index in [1.165, 1.54) is 12.1 Å². The van der Waals surface area contributed by atoms with E-state index in [4.69, 9.17) is 4.98 Å². The van der Waals surface area contributed by atoms with Crippen LogP contribution in [-0.4, -0.2) is 42.1 Å². The van der Waals surface area contributed by atoms with Crippen LogP contribution >= 0.6 is 0 Å². The summed E-state index contributed by atoms with van der Waals surface area (Å²) in [6.07, 6.45) is 0. The summed E-state index contributed by atoms with van der Waals surface area (Å²) in [7, 11) is 0. The Labute approximate surface area is 154 Å². The van der Waals surface area contributed by atoms with Crippen LogP contribution in [0.1, 0.15) is 13.8 Å². The number of benzene rings is 2. The van der Waals surface area contributed by atoms with E-state index < -0.39 is 0 Å². The minimum absolute atomic E-state index is 0.221. The van der Waals surface area contributed by atoms with Gasteiger partial charge in [-0.3, -0.25) is 4.90 Å². The van der Waals surface area contributed by atoms with Crippen molar-refractivity contribution >= 4 is 16.6 Å². The van der Waals surface area contributed by atoms with Crippen LogP contribution < -0.4 is 4.90 Å². The molecule has 26 heavy (non-hydrogen) atoms. The third-order valence-electron chi connectivity index (χ3n) is 5.29. The fourth-order valence-electron chi connectivity index (χ4n) is 3.82. The molecule has 2 heterocycles. The summed E-state index contributed by atoms with van der Waals surface area (Å²) in [5, 5.41) is 1.14. The van der Waals surface area contributed by atoms with Gasteiger partial charge in [0.15, 0.2) is 0 Å². The van der Waals surface area contributed by atoms with Crippen molar-refractivity contribution in [2.45, 2.75) is 19.9 Å². The molecule has 0 saturated carbocycles. The zero-order valence-electron chi connectivity index (χ0n) is 15.3. The van der Waals surface area contributed by atoms with Gasteiger partial charge in [-0.1, -0.05) is 25.1 Å². The maximum Gasteiger partial charge on any atom is 0.123 e. The summed E-state index contributed by atoms with van der Waals surface area (Å²) in [5.74, 6) is -0.221. The molecule has 1 atom stereocenters. The van der Waals surface area contributed by atoms with Gasteiger partial charge in [-0.05, 0) is 49.9 Å². The Hall–Kier alpha value is -2.46. The Bertz CT molecular complexity index is 907. The van der Waals surface area contributed by atoms with Gasteiger partial charge in [0.25, 0.3) is 0 Å². The lowest BCUT2D eigenvalue weighted by Gasteiger charge is -2.41. The van der Waals surface area contributed by atoms with Gasteiger partial charge in [0, 0.05) is 36.6 Å². The predicted molar refractivity (Wildman–Crippen MR) is 106 cm³/mol. The average molecular weight is 349 g/mol. The molecular weight excluding hydrogens is 325 g/mol. The first-order valence-corrected chi connectivity index (χ1v) is 9.30. The van der Waals surface area contributed by atoms with Crippen molar-refractivity contribution in [1.82, 2.24) is 9.88 Å². The number of hydrogen-bond donors (Lipinski definition) is 0. The van der Waals surface area contributed by atoms with E-state index in [2.05, 4.69) is 35.8 Å². The number of rotatable bonds is 3. The summed E-state index contributed by atoms with van der Waals surface area (Å²) in [5.41, 5.74) is 3.99. The Balaban J connectivity index is 1.84. The van der Waals surface area contributed by atoms with E-state index in [0.29, 0.717) is 6.04 Å². The smallest absolute Gasteiger partial charge is 0.123 e. The molecule has 0 spiro atoms. The number of likely N-dealkylation sites (N-methyl/N-ethyl adjacent to an activating group) is 1. The molecule has 3 nitrogen and oxygen atoms in total. The van der Waals surface area contributed by atoms with Gasteiger partial charge in [-0.25, -0.2) is 9.37 Å². The molecule has 0 N–H and O–H groups in total. The molecule has 2 aromatic carbocycles. The largest absolute Gasteiger partial charge is 0.364 e. The predicted octanol–water partition coefficient (Wildman–Crippen LogP) is 4.57. The van der Waals surface area contributed by atoms with E-state index in [0.717, 1.165) is 54.0 Å². The molecule has 0 bridgehead atoms. The molecule has 1 aliphatic heterocycles. The van der Waals surface area contributed by atoms with Gasteiger partial charge >= 0.3 is 0 Å². The van der Waals surface area contributed by atoms with Gasteiger partial charge in [-0.15, -0.1) is 0 Å². The van der Waals surface area contributed by atoms with Crippen LogP contribution in [0.3, 0.4) is 0 Å². The number of hydrogen-bond acceptors (Lipinski definition) is 3. The van der Waals surface area contributed by atoms with Crippen molar-refractivity contribution in [3.63, 3.8) is 0 Å². The van der Waals surface area contributed by atoms with Crippen LogP contribution in [0, 0.1) is 5.82 Å². The molecule has 1 aliphatic rings. The summed E-state index contributed by atoms with van der Waals surface area (Å²) < 4.78 is 13.4. The van der Waals surface area contributed by atoms with Crippen LogP contribution in [0.15, 0.2) is 54.6 Å². The second-order valence-electron chi connectivity index (χ2n) is 6.99. The van der Waals surface area contributed by atoms with E-state index in [1.807, 2.05) is 30.3 Å². The quantitative estimate of drug-likeness (QED) is 0.690. The maximum atomic E-state index is 13.4. The molecule has 1 saturated heterocycles. The summed E-state index contributed by atoms with van der Waals surface area (Å²) >= 11 is 0. The number of halogens is 1. The molecule has 1 fully saturated rings. The lowest BCUT2D eigenvalue weighted by Crippen LogP contribution is -2.52. The second kappa shape index (κ2) is 7.04. The van der Waals surface area contributed by atoms with Crippen molar-refractivity contribution in [1.29, 1.82) is 0 Å². The Morgan fingerprint density at radius 2 is 1.85 bits per heavy atom. The molecule has 4 heteroatoms. The van der Waals surface area contributed by atoms with Gasteiger partial charge in [0.1, 0.15) is 5.82 Å². The number of para-hydroxylation sites is 1. The molecule has 0 aliphatic carbocycles. The third kappa shape index (κ3) is 3.17. The topological polar surface area (TPSA) is 19.4 Å². The Morgan fingerprint density at radius 1 is 1.08 bits per heavy atom. The highest BCUT2D eigenvalue weighted by atomic mass is 19.1. The van der Waals surface area contributed by atoms with Crippen LogP contribution in [0.25, 0.3) is 22.2 Å². The fraction of sp³-hybridized carbons (Fsp3) is 0.318. The van der Waals surface area contributed by atoms with Gasteiger partial charge in [-0.2, -0.15) is 0 Å². The number of pyridine rings is 1. The van der Waals surface area contributed by atoms with Crippen LogP contribution in [0.2, 0.25) is 0 Å². The van der Waals surface area contributed by atoms with Crippen molar-refractivity contribution in [2.24, 2.45) is 0 Å². The Morgan fingerprint density at radius 3 is 2.58 bits per heavy atom. The second-order valence-corrected chi connectivity index (χ2v) is 6.99. The fourth-order valence-corrected chi connectivity index (χ4v) is 3.82. The number of fused-ring (bicyclic) bond motifs is 1. The first kappa shape index (κ1) is 17.0. The SMILES string of the molecule is CCN1CCN(c2cc3ccccc3nc2-c2ccc(F)cc2)C(C)C1. The third-order valence-corrected chi connectivity index (χ3v) is 5.29. The maximum absolute atomic E-state index is 13.4. The number of piperazine rings is 1. The highest BCUT2D eigenvalue weighted by Crippen LogP contribution is 2.34. The first-order chi connectivity index (χ1) is 12.7. The monoisotopic (exact) mass is 349 g/mol. The summed E-state index contributed by atoms with van der Waals surface area (Å²) in [4.78, 5) is 9.87. The summed E-state index contributed by atoms with van der Waals surface area (Å²) in [6.45, 7) is 8.64. The van der Waals surface area contributed by atoms with E-state index in [1.54, 1.807) is 0 Å². The summed E-state index contributed by atoms with van der Waals surface area (Å²) in [6, 6.07) is 17.5. The van der Waals surface area contributed by atoms with Gasteiger partial charge in [0.2, 0.25) is 0 Å².